The molecular formula is C32H25Br2N3O2S2. The lowest BCUT2D eigenvalue weighted by atomic mass is 10.2. The van der Waals surface area contributed by atoms with Crippen LogP contribution in [0.3, 0.4) is 0 Å². The molecule has 2 heterocycles. The van der Waals surface area contributed by atoms with Crippen LogP contribution in [0, 0.1) is 0 Å². The number of hydrogen-bond acceptors (Lipinski definition) is 5. The Balaban J connectivity index is 1.17. The van der Waals surface area contributed by atoms with Gasteiger partial charge in [0, 0.05) is 31.8 Å². The third kappa shape index (κ3) is 6.14. The molecule has 41 heavy (non-hydrogen) atoms. The predicted molar refractivity (Wildman–Crippen MR) is 175 cm³/mol. The second-order valence-electron chi connectivity index (χ2n) is 9.53. The van der Waals surface area contributed by atoms with Gasteiger partial charge in [0.2, 0.25) is 0 Å². The van der Waals surface area contributed by atoms with Crippen molar-refractivity contribution in [1.29, 1.82) is 0 Å². The number of benzene rings is 4. The maximum absolute atomic E-state index is 13.6. The van der Waals surface area contributed by atoms with Gasteiger partial charge < -0.3 is 10.2 Å². The topological polar surface area (TPSA) is 52.7 Å². The lowest BCUT2D eigenvalue weighted by Crippen LogP contribution is -2.42. The molecule has 1 fully saturated rings. The summed E-state index contributed by atoms with van der Waals surface area (Å²) < 4.78 is 1.91. The molecule has 5 nitrogen and oxygen atoms in total. The Morgan fingerprint density at radius 1 is 0.829 bits per heavy atom. The van der Waals surface area contributed by atoms with Crippen molar-refractivity contribution in [3.8, 4) is 0 Å². The van der Waals surface area contributed by atoms with Crippen molar-refractivity contribution in [3.63, 3.8) is 0 Å². The van der Waals surface area contributed by atoms with Crippen LogP contribution < -0.4 is 10.2 Å². The van der Waals surface area contributed by atoms with Gasteiger partial charge in [-0.1, -0.05) is 104 Å². The van der Waals surface area contributed by atoms with Gasteiger partial charge in [0.25, 0.3) is 5.91 Å². The molecule has 0 saturated carbocycles. The largest absolute Gasteiger partial charge is 0.340 e. The summed E-state index contributed by atoms with van der Waals surface area (Å²) in [6.07, 6.45) is 2.57. The normalized spacial score (nSPS) is 17.0. The van der Waals surface area contributed by atoms with Crippen LogP contribution in [0.2, 0.25) is 0 Å². The smallest absolute Gasteiger partial charge is 0.325 e. The lowest BCUT2D eigenvalue weighted by Gasteiger charge is -2.32. The number of carbonyl (C=O) groups excluding carboxylic acids is 2. The molecule has 0 bridgehead atoms. The van der Waals surface area contributed by atoms with Gasteiger partial charge in [-0.25, -0.2) is 9.69 Å². The number of urea groups is 1. The number of nitrogens with zero attached hydrogens (tertiary/aromatic N) is 2. The summed E-state index contributed by atoms with van der Waals surface area (Å²) in [4.78, 5) is 33.7. The number of halogens is 2. The molecule has 0 aliphatic carbocycles. The molecule has 4 aromatic rings. The van der Waals surface area contributed by atoms with Gasteiger partial charge in [0.05, 0.1) is 16.3 Å². The molecule has 1 saturated heterocycles. The van der Waals surface area contributed by atoms with E-state index in [1.807, 2.05) is 54.6 Å². The Hall–Kier alpha value is -2.98. The van der Waals surface area contributed by atoms with Crippen LogP contribution in [0.1, 0.15) is 22.9 Å². The minimum atomic E-state index is -0.449. The summed E-state index contributed by atoms with van der Waals surface area (Å²) in [7, 11) is 0. The van der Waals surface area contributed by atoms with E-state index in [-0.39, 0.29) is 11.9 Å². The fraction of sp³-hybridized carbons (Fsp3) is 0.125. The number of para-hydroxylation sites is 2. The second kappa shape index (κ2) is 12.5. The summed E-state index contributed by atoms with van der Waals surface area (Å²) in [6.45, 7) is 1.18. The number of amides is 3. The fourth-order valence-corrected chi connectivity index (χ4v) is 7.70. The van der Waals surface area contributed by atoms with Crippen LogP contribution in [0.5, 0.6) is 0 Å². The lowest BCUT2D eigenvalue weighted by molar-refractivity contribution is -0.123. The summed E-state index contributed by atoms with van der Waals surface area (Å²) in [5, 5.41) is 2.57. The number of fused-ring (bicyclic) bond motifs is 2. The SMILES string of the molecule is O=C(NCCCN1c2ccccc2Sc2ccccc21)N1C(=O)/C(=C\c2ccc(Br)cc2)SC1c1ccc(Br)cc1. The number of thioether (sulfide) groups is 1. The van der Waals surface area contributed by atoms with Gasteiger partial charge >= 0.3 is 6.03 Å². The van der Waals surface area contributed by atoms with E-state index in [4.69, 9.17) is 0 Å². The van der Waals surface area contributed by atoms with Crippen molar-refractivity contribution in [2.75, 3.05) is 18.0 Å². The highest BCUT2D eigenvalue weighted by molar-refractivity contribution is 9.10. The van der Waals surface area contributed by atoms with Crippen LogP contribution in [0.15, 0.2) is 121 Å². The summed E-state index contributed by atoms with van der Waals surface area (Å²) in [5.74, 6) is -0.292. The molecule has 1 atom stereocenters. The molecule has 3 amide bonds. The number of nitrogens with one attached hydrogen (secondary N) is 1. The van der Waals surface area contributed by atoms with Gasteiger partial charge in [-0.15, -0.1) is 0 Å². The summed E-state index contributed by atoms with van der Waals surface area (Å²) >= 11 is 10.1. The van der Waals surface area contributed by atoms with Gasteiger partial charge in [-0.3, -0.25) is 4.79 Å². The minimum Gasteiger partial charge on any atom is -0.340 e. The van der Waals surface area contributed by atoms with Crippen LogP contribution >= 0.6 is 55.4 Å². The first-order valence-corrected chi connectivity index (χ1v) is 16.4. The molecule has 2 aliphatic rings. The number of imide groups is 1. The van der Waals surface area contributed by atoms with Crippen molar-refractivity contribution in [2.45, 2.75) is 21.6 Å². The zero-order valence-electron chi connectivity index (χ0n) is 21.8. The molecule has 6 rings (SSSR count). The van der Waals surface area contributed by atoms with Crippen molar-refractivity contribution < 1.29 is 9.59 Å². The predicted octanol–water partition coefficient (Wildman–Crippen LogP) is 9.23. The Morgan fingerprint density at radius 3 is 2.05 bits per heavy atom. The zero-order valence-corrected chi connectivity index (χ0v) is 26.6. The first kappa shape index (κ1) is 28.2. The van der Waals surface area contributed by atoms with E-state index in [2.05, 4.69) is 90.6 Å². The molecule has 2 aliphatic heterocycles. The quantitative estimate of drug-likeness (QED) is 0.160. The molecule has 206 valence electrons. The van der Waals surface area contributed by atoms with Gasteiger partial charge in [-0.05, 0) is 72.2 Å². The minimum absolute atomic E-state index is 0.292. The molecule has 0 radical (unpaired) electrons. The highest BCUT2D eigenvalue weighted by Gasteiger charge is 2.41. The van der Waals surface area contributed by atoms with Crippen LogP contribution in [-0.2, 0) is 4.79 Å². The average molecular weight is 708 g/mol. The maximum atomic E-state index is 13.6. The fourth-order valence-electron chi connectivity index (χ4n) is 4.84. The molecule has 1 unspecified atom stereocenters. The van der Waals surface area contributed by atoms with Gasteiger partial charge in [0.1, 0.15) is 5.37 Å². The monoisotopic (exact) mass is 705 g/mol. The number of rotatable bonds is 6. The molecule has 0 aromatic heterocycles. The average Bonchev–Trinajstić information content (AvgIpc) is 3.31. The second-order valence-corrected chi connectivity index (χ2v) is 13.6. The molecular weight excluding hydrogens is 682 g/mol. The zero-order chi connectivity index (χ0) is 28.3. The Morgan fingerprint density at radius 2 is 1.41 bits per heavy atom. The highest BCUT2D eigenvalue weighted by atomic mass is 79.9. The Labute approximate surface area is 264 Å². The molecule has 0 spiro atoms. The number of carbonyl (C=O) groups is 2. The van der Waals surface area contributed by atoms with E-state index >= 15 is 0 Å². The number of hydrogen-bond donors (Lipinski definition) is 1. The van der Waals surface area contributed by atoms with Crippen molar-refractivity contribution >= 4 is 84.8 Å². The van der Waals surface area contributed by atoms with Gasteiger partial charge in [0.15, 0.2) is 0 Å². The molecule has 9 heteroatoms. The third-order valence-corrected chi connectivity index (χ3v) is 10.3. The molecule has 4 aromatic carbocycles. The van der Waals surface area contributed by atoms with E-state index in [1.165, 1.54) is 37.8 Å². The van der Waals surface area contributed by atoms with Crippen molar-refractivity contribution in [3.05, 3.63) is 122 Å². The summed E-state index contributed by atoms with van der Waals surface area (Å²) in [5.41, 5.74) is 4.14. The maximum Gasteiger partial charge on any atom is 0.325 e. The van der Waals surface area contributed by atoms with E-state index in [9.17, 15) is 9.59 Å². The Bertz CT molecular complexity index is 1580. The van der Waals surface area contributed by atoms with E-state index in [1.54, 1.807) is 11.8 Å². The van der Waals surface area contributed by atoms with E-state index in [0.717, 1.165) is 33.0 Å². The van der Waals surface area contributed by atoms with Crippen molar-refractivity contribution in [1.82, 2.24) is 10.2 Å². The van der Waals surface area contributed by atoms with E-state index < -0.39 is 5.37 Å². The standard InChI is InChI=1S/C32H25Br2N3O2S2/c33-23-14-10-21(11-15-23)20-29-30(38)37(31(41-29)22-12-16-24(34)17-13-22)32(39)35-18-5-19-36-25-6-1-3-8-27(25)40-28-9-4-2-7-26(28)36/h1-4,6-17,20,31H,5,18-19H2,(H,35,39)/b29-20+. The molecule has 1 N–H and O–H groups in total. The van der Waals surface area contributed by atoms with Crippen molar-refractivity contribution in [2.24, 2.45) is 0 Å². The van der Waals surface area contributed by atoms with Crippen LogP contribution in [0.4, 0.5) is 16.2 Å². The van der Waals surface area contributed by atoms with E-state index in [0.29, 0.717) is 11.4 Å². The van der Waals surface area contributed by atoms with Crippen LogP contribution in [0.25, 0.3) is 6.08 Å². The van der Waals surface area contributed by atoms with Crippen LogP contribution in [-0.4, -0.2) is 29.9 Å². The summed E-state index contributed by atoms with van der Waals surface area (Å²) in [6, 6.07) is 31.9. The van der Waals surface area contributed by atoms with Gasteiger partial charge in [-0.2, -0.15) is 0 Å². The first-order valence-electron chi connectivity index (χ1n) is 13.1. The Kier molecular flexibility index (Phi) is 8.57. The number of anilines is 2. The highest BCUT2D eigenvalue weighted by Crippen LogP contribution is 2.48. The third-order valence-electron chi connectivity index (χ3n) is 6.81. The first-order chi connectivity index (χ1) is 20.0.